The van der Waals surface area contributed by atoms with Crippen LogP contribution in [0.1, 0.15) is 20.8 Å². The second-order valence-electron chi connectivity index (χ2n) is 3.55. The van der Waals surface area contributed by atoms with Crippen molar-refractivity contribution in [3.05, 3.63) is 0 Å². The molecule has 0 saturated carbocycles. The molecule has 0 aliphatic carbocycles. The predicted molar refractivity (Wildman–Crippen MR) is 53.6 cm³/mol. The molecular weight excluding hydrogens is 238 g/mol. The highest BCUT2D eigenvalue weighted by atomic mass is 79.9. The number of hydroxylamine groups is 1. The van der Waals surface area contributed by atoms with Crippen molar-refractivity contribution in [2.45, 2.75) is 31.2 Å². The van der Waals surface area contributed by atoms with Gasteiger partial charge in [0.2, 0.25) is 0 Å². The first-order valence-corrected chi connectivity index (χ1v) is 4.91. The van der Waals surface area contributed by atoms with Gasteiger partial charge < -0.3 is 4.74 Å². The zero-order chi connectivity index (χ0) is 10.5. The average molecular weight is 254 g/mol. The van der Waals surface area contributed by atoms with Crippen molar-refractivity contribution in [1.29, 1.82) is 0 Å². The molecule has 0 heterocycles. The molecule has 1 N–H and O–H groups in total. The summed E-state index contributed by atoms with van der Waals surface area (Å²) in [4.78, 5) is 15.7. The minimum absolute atomic E-state index is 0.261. The molecular formula is C8H16BrNO3. The van der Waals surface area contributed by atoms with Gasteiger partial charge in [-0.2, -0.15) is 0 Å². The van der Waals surface area contributed by atoms with Crippen LogP contribution in [-0.4, -0.2) is 30.1 Å². The molecule has 5 heteroatoms. The molecule has 0 fully saturated rings. The van der Waals surface area contributed by atoms with Crippen molar-refractivity contribution in [2.75, 3.05) is 13.7 Å². The van der Waals surface area contributed by atoms with Gasteiger partial charge in [-0.3, -0.25) is 9.63 Å². The van der Waals surface area contributed by atoms with Crippen LogP contribution in [0.15, 0.2) is 0 Å². The van der Waals surface area contributed by atoms with E-state index in [1.54, 1.807) is 0 Å². The Labute approximate surface area is 87.1 Å². The molecule has 0 rings (SSSR count). The van der Waals surface area contributed by atoms with E-state index in [1.165, 1.54) is 7.11 Å². The zero-order valence-electron chi connectivity index (χ0n) is 8.39. The summed E-state index contributed by atoms with van der Waals surface area (Å²) in [5.41, 5.74) is 2.43. The highest BCUT2D eigenvalue weighted by molar-refractivity contribution is 9.10. The lowest BCUT2D eigenvalue weighted by atomic mass is 10.2. The maximum absolute atomic E-state index is 10.9. The highest BCUT2D eigenvalue weighted by Gasteiger charge is 2.16. The minimum Gasteiger partial charge on any atom is -0.468 e. The third kappa shape index (κ3) is 6.98. The Hall–Kier alpha value is -0.130. The largest absolute Gasteiger partial charge is 0.468 e. The molecule has 0 spiro atoms. The Morgan fingerprint density at radius 3 is 2.46 bits per heavy atom. The Balaban J connectivity index is 3.59. The average Bonchev–Trinajstić information content (AvgIpc) is 2.00. The number of hydrogen-bond donors (Lipinski definition) is 1. The smallest absolute Gasteiger partial charge is 0.320 e. The molecule has 0 radical (unpaired) electrons. The van der Waals surface area contributed by atoms with E-state index in [0.29, 0.717) is 6.54 Å². The summed E-state index contributed by atoms with van der Waals surface area (Å²) in [6.45, 7) is 6.13. The lowest BCUT2D eigenvalue weighted by molar-refractivity contribution is -0.141. The number of halogens is 1. The standard InChI is InChI=1S/C8H16BrNO3/c1-8(2,3)13-10-5-6(9)7(11)12-4/h6,10H,5H2,1-4H3. The van der Waals surface area contributed by atoms with Crippen LogP contribution < -0.4 is 5.48 Å². The van der Waals surface area contributed by atoms with Gasteiger partial charge in [0.05, 0.1) is 12.7 Å². The normalized spacial score (nSPS) is 13.9. The van der Waals surface area contributed by atoms with Crippen LogP contribution >= 0.6 is 15.9 Å². The van der Waals surface area contributed by atoms with E-state index in [1.807, 2.05) is 20.8 Å². The highest BCUT2D eigenvalue weighted by Crippen LogP contribution is 2.05. The molecule has 0 saturated heterocycles. The number of carbonyl (C=O) groups is 1. The topological polar surface area (TPSA) is 47.6 Å². The molecule has 78 valence electrons. The third-order valence-corrected chi connectivity index (χ3v) is 1.80. The van der Waals surface area contributed by atoms with Gasteiger partial charge in [0.1, 0.15) is 4.83 Å². The van der Waals surface area contributed by atoms with Crippen LogP contribution in [-0.2, 0) is 14.4 Å². The number of methoxy groups -OCH3 is 1. The van der Waals surface area contributed by atoms with Gasteiger partial charge in [0.25, 0.3) is 0 Å². The van der Waals surface area contributed by atoms with E-state index in [2.05, 4.69) is 26.1 Å². The van der Waals surface area contributed by atoms with Crippen molar-refractivity contribution < 1.29 is 14.4 Å². The van der Waals surface area contributed by atoms with Crippen molar-refractivity contribution in [1.82, 2.24) is 5.48 Å². The summed E-state index contributed by atoms with van der Waals surface area (Å²) in [6.07, 6.45) is 0. The van der Waals surface area contributed by atoms with Crippen LogP contribution in [0.3, 0.4) is 0 Å². The maximum Gasteiger partial charge on any atom is 0.320 e. The summed E-state index contributed by atoms with van der Waals surface area (Å²) in [5, 5.41) is 0. The Morgan fingerprint density at radius 1 is 1.54 bits per heavy atom. The fraction of sp³-hybridized carbons (Fsp3) is 0.875. The van der Waals surface area contributed by atoms with Crippen molar-refractivity contribution in [3.8, 4) is 0 Å². The first-order chi connectivity index (χ1) is 5.87. The molecule has 4 nitrogen and oxygen atoms in total. The molecule has 0 aromatic heterocycles. The molecule has 0 bridgehead atoms. The van der Waals surface area contributed by atoms with Crippen molar-refractivity contribution in [2.24, 2.45) is 0 Å². The van der Waals surface area contributed by atoms with E-state index >= 15 is 0 Å². The fourth-order valence-electron chi connectivity index (χ4n) is 0.543. The van der Waals surface area contributed by atoms with Crippen LogP contribution in [0.25, 0.3) is 0 Å². The van der Waals surface area contributed by atoms with Crippen LogP contribution in [0.5, 0.6) is 0 Å². The second kappa shape index (κ2) is 5.57. The number of hydrogen-bond acceptors (Lipinski definition) is 4. The number of nitrogens with one attached hydrogen (secondary N) is 1. The van der Waals surface area contributed by atoms with E-state index < -0.39 is 0 Å². The SMILES string of the molecule is COC(=O)C(Br)CNOC(C)(C)C. The van der Waals surface area contributed by atoms with Crippen LogP contribution in [0.2, 0.25) is 0 Å². The fourth-order valence-corrected chi connectivity index (χ4v) is 0.862. The monoisotopic (exact) mass is 253 g/mol. The van der Waals surface area contributed by atoms with Gasteiger partial charge in [-0.05, 0) is 20.8 Å². The lowest BCUT2D eigenvalue weighted by Crippen LogP contribution is -2.35. The van der Waals surface area contributed by atoms with E-state index in [9.17, 15) is 4.79 Å². The summed E-state index contributed by atoms with van der Waals surface area (Å²) < 4.78 is 4.51. The van der Waals surface area contributed by atoms with E-state index in [0.717, 1.165) is 0 Å². The number of ether oxygens (including phenoxy) is 1. The quantitative estimate of drug-likeness (QED) is 0.466. The van der Waals surface area contributed by atoms with Gasteiger partial charge in [-0.25, -0.2) is 5.48 Å². The summed E-state index contributed by atoms with van der Waals surface area (Å²) >= 11 is 3.15. The molecule has 0 amide bonds. The summed E-state index contributed by atoms with van der Waals surface area (Å²) in [5.74, 6) is -0.315. The Morgan fingerprint density at radius 2 is 2.08 bits per heavy atom. The maximum atomic E-state index is 10.9. The number of rotatable bonds is 4. The van der Waals surface area contributed by atoms with Gasteiger partial charge in [-0.1, -0.05) is 15.9 Å². The Bertz CT molecular complexity index is 167. The molecule has 13 heavy (non-hydrogen) atoms. The first-order valence-electron chi connectivity index (χ1n) is 3.99. The van der Waals surface area contributed by atoms with E-state index in [-0.39, 0.29) is 16.4 Å². The Kier molecular flexibility index (Phi) is 5.51. The number of carbonyl (C=O) groups excluding carboxylic acids is 1. The second-order valence-corrected chi connectivity index (χ2v) is 4.66. The zero-order valence-corrected chi connectivity index (χ0v) is 9.97. The van der Waals surface area contributed by atoms with Crippen LogP contribution in [0.4, 0.5) is 0 Å². The summed E-state index contributed by atoms with van der Waals surface area (Å²) in [7, 11) is 1.35. The predicted octanol–water partition coefficient (Wildman–Crippen LogP) is 1.24. The van der Waals surface area contributed by atoms with E-state index in [4.69, 9.17) is 4.84 Å². The molecule has 0 aliphatic rings. The minimum atomic E-state index is -0.375. The number of alkyl halides is 1. The first kappa shape index (κ1) is 12.9. The van der Waals surface area contributed by atoms with Crippen molar-refractivity contribution in [3.63, 3.8) is 0 Å². The molecule has 0 aromatic rings. The van der Waals surface area contributed by atoms with Crippen molar-refractivity contribution >= 4 is 21.9 Å². The third-order valence-electron chi connectivity index (χ3n) is 1.10. The molecule has 1 unspecified atom stereocenters. The van der Waals surface area contributed by atoms with Gasteiger partial charge in [0, 0.05) is 6.54 Å². The molecule has 0 aliphatic heterocycles. The van der Waals surface area contributed by atoms with Gasteiger partial charge in [0.15, 0.2) is 0 Å². The molecule has 0 aromatic carbocycles. The van der Waals surface area contributed by atoms with Crippen LogP contribution in [0, 0.1) is 0 Å². The van der Waals surface area contributed by atoms with Gasteiger partial charge >= 0.3 is 5.97 Å². The number of esters is 1. The molecule has 1 atom stereocenters. The lowest BCUT2D eigenvalue weighted by Gasteiger charge is -2.20. The van der Waals surface area contributed by atoms with Gasteiger partial charge in [-0.15, -0.1) is 0 Å². The summed E-state index contributed by atoms with van der Waals surface area (Å²) in [6, 6.07) is 0.